The Kier molecular flexibility index (Phi) is 2.98. The number of aromatic nitrogens is 1. The Labute approximate surface area is 103 Å². The highest BCUT2D eigenvalue weighted by Gasteiger charge is 2.05. The number of fused-ring (bicyclic) bond motifs is 1. The van der Waals surface area contributed by atoms with Crippen molar-refractivity contribution >= 4 is 38.4 Å². The third-order valence-corrected chi connectivity index (χ3v) is 3.60. The van der Waals surface area contributed by atoms with Crippen molar-refractivity contribution in [3.8, 4) is 0 Å². The molecule has 0 saturated heterocycles. The third-order valence-electron chi connectivity index (χ3n) is 2.50. The van der Waals surface area contributed by atoms with Crippen molar-refractivity contribution in [2.45, 2.75) is 20.3 Å². The van der Waals surface area contributed by atoms with Gasteiger partial charge in [0.2, 0.25) is 0 Å². The molecular formula is C12H11BrClN. The molecule has 0 saturated carbocycles. The van der Waals surface area contributed by atoms with Gasteiger partial charge in [-0.15, -0.1) is 0 Å². The summed E-state index contributed by atoms with van der Waals surface area (Å²) >= 11 is 9.56. The lowest BCUT2D eigenvalue weighted by Crippen LogP contribution is -1.89. The maximum atomic E-state index is 6.08. The van der Waals surface area contributed by atoms with Crippen LogP contribution in [0, 0.1) is 6.92 Å². The largest absolute Gasteiger partial charge is 0.241 e. The highest BCUT2D eigenvalue weighted by Crippen LogP contribution is 2.26. The second-order valence-corrected chi connectivity index (χ2v) is 4.74. The Morgan fingerprint density at radius 1 is 1.33 bits per heavy atom. The lowest BCUT2D eigenvalue weighted by molar-refractivity contribution is 1.10. The van der Waals surface area contributed by atoms with Crippen molar-refractivity contribution in [3.63, 3.8) is 0 Å². The van der Waals surface area contributed by atoms with Gasteiger partial charge < -0.3 is 0 Å². The van der Waals surface area contributed by atoms with E-state index in [1.54, 1.807) is 0 Å². The molecule has 1 nitrogen and oxygen atoms in total. The molecule has 0 bridgehead atoms. The van der Waals surface area contributed by atoms with Gasteiger partial charge in [0.05, 0.1) is 5.52 Å². The summed E-state index contributed by atoms with van der Waals surface area (Å²) in [6.45, 7) is 4.11. The molecule has 0 aliphatic carbocycles. The standard InChI is InChI=1S/C12H11BrClN/c1-3-8-5-9-6-10(14)7(2)4-11(9)15-12(8)13/h4-6H,3H2,1-2H3. The van der Waals surface area contributed by atoms with Crippen LogP contribution >= 0.6 is 27.5 Å². The lowest BCUT2D eigenvalue weighted by Gasteiger charge is -2.06. The molecule has 0 atom stereocenters. The molecule has 1 heterocycles. The molecule has 0 unspecified atom stereocenters. The van der Waals surface area contributed by atoms with Gasteiger partial charge in [0.25, 0.3) is 0 Å². The molecule has 78 valence electrons. The summed E-state index contributed by atoms with van der Waals surface area (Å²) in [4.78, 5) is 4.51. The first-order valence-electron chi connectivity index (χ1n) is 4.87. The van der Waals surface area contributed by atoms with Crippen molar-refractivity contribution in [2.75, 3.05) is 0 Å². The maximum absolute atomic E-state index is 6.08. The topological polar surface area (TPSA) is 12.9 Å². The van der Waals surface area contributed by atoms with Crippen LogP contribution in [0.1, 0.15) is 18.1 Å². The summed E-state index contributed by atoms with van der Waals surface area (Å²) < 4.78 is 0.930. The van der Waals surface area contributed by atoms with Crippen LogP contribution in [0.4, 0.5) is 0 Å². The number of aryl methyl sites for hydroxylation is 2. The van der Waals surface area contributed by atoms with Crippen molar-refractivity contribution in [1.29, 1.82) is 0 Å². The molecule has 2 aromatic rings. The molecular weight excluding hydrogens is 273 g/mol. The molecule has 15 heavy (non-hydrogen) atoms. The predicted molar refractivity (Wildman–Crippen MR) is 68.6 cm³/mol. The van der Waals surface area contributed by atoms with E-state index >= 15 is 0 Å². The van der Waals surface area contributed by atoms with E-state index in [4.69, 9.17) is 11.6 Å². The molecule has 3 heteroatoms. The number of hydrogen-bond donors (Lipinski definition) is 0. The zero-order valence-corrected chi connectivity index (χ0v) is 11.0. The highest BCUT2D eigenvalue weighted by atomic mass is 79.9. The van der Waals surface area contributed by atoms with Crippen LogP contribution in [0.3, 0.4) is 0 Å². The summed E-state index contributed by atoms with van der Waals surface area (Å²) in [5, 5.41) is 1.90. The highest BCUT2D eigenvalue weighted by molar-refractivity contribution is 9.10. The first-order valence-corrected chi connectivity index (χ1v) is 6.04. The number of benzene rings is 1. The quantitative estimate of drug-likeness (QED) is 0.702. The van der Waals surface area contributed by atoms with Crippen LogP contribution in [0.25, 0.3) is 10.9 Å². The van der Waals surface area contributed by atoms with Crippen molar-refractivity contribution in [3.05, 3.63) is 39.0 Å². The van der Waals surface area contributed by atoms with E-state index < -0.39 is 0 Å². The van der Waals surface area contributed by atoms with E-state index in [9.17, 15) is 0 Å². The Bertz CT molecular complexity index is 523. The zero-order chi connectivity index (χ0) is 11.0. The van der Waals surface area contributed by atoms with E-state index in [1.807, 2.05) is 19.1 Å². The van der Waals surface area contributed by atoms with Gasteiger partial charge in [-0.1, -0.05) is 18.5 Å². The summed E-state index contributed by atoms with van der Waals surface area (Å²) in [7, 11) is 0. The molecule has 0 N–H and O–H groups in total. The van der Waals surface area contributed by atoms with E-state index in [0.717, 1.165) is 32.5 Å². The minimum Gasteiger partial charge on any atom is -0.241 e. The molecule has 2 rings (SSSR count). The van der Waals surface area contributed by atoms with E-state index in [1.165, 1.54) is 5.56 Å². The Morgan fingerprint density at radius 2 is 2.07 bits per heavy atom. The fraction of sp³-hybridized carbons (Fsp3) is 0.250. The normalized spacial score (nSPS) is 10.9. The van der Waals surface area contributed by atoms with E-state index in [-0.39, 0.29) is 0 Å². The SMILES string of the molecule is CCc1cc2cc(Cl)c(C)cc2nc1Br. The van der Waals surface area contributed by atoms with Crippen LogP contribution in [0.15, 0.2) is 22.8 Å². The molecule has 0 aliphatic rings. The Balaban J connectivity index is 2.76. The minimum absolute atomic E-state index is 0.800. The average Bonchev–Trinajstić information content (AvgIpc) is 2.20. The van der Waals surface area contributed by atoms with Crippen LogP contribution in [0.2, 0.25) is 5.02 Å². The smallest absolute Gasteiger partial charge is 0.110 e. The zero-order valence-electron chi connectivity index (χ0n) is 8.64. The van der Waals surface area contributed by atoms with Gasteiger partial charge >= 0.3 is 0 Å². The summed E-state index contributed by atoms with van der Waals surface area (Å²) in [6, 6.07) is 6.13. The van der Waals surface area contributed by atoms with Crippen LogP contribution in [-0.4, -0.2) is 4.98 Å². The molecule has 0 spiro atoms. The summed E-state index contributed by atoms with van der Waals surface area (Å²) in [5.41, 5.74) is 3.26. The first kappa shape index (κ1) is 10.9. The third kappa shape index (κ3) is 2.01. The number of halogens is 2. The van der Waals surface area contributed by atoms with Gasteiger partial charge in [0.15, 0.2) is 0 Å². The van der Waals surface area contributed by atoms with E-state index in [2.05, 4.69) is 33.9 Å². The number of rotatable bonds is 1. The molecule has 1 aromatic heterocycles. The van der Waals surface area contributed by atoms with Gasteiger partial charge in [-0.2, -0.15) is 0 Å². The lowest BCUT2D eigenvalue weighted by atomic mass is 10.1. The molecule has 0 amide bonds. The molecule has 1 aromatic carbocycles. The summed E-state index contributed by atoms with van der Waals surface area (Å²) in [5.74, 6) is 0. The maximum Gasteiger partial charge on any atom is 0.110 e. The van der Waals surface area contributed by atoms with Gasteiger partial charge in [0, 0.05) is 10.4 Å². The Morgan fingerprint density at radius 3 is 2.73 bits per heavy atom. The number of hydrogen-bond acceptors (Lipinski definition) is 1. The number of nitrogens with zero attached hydrogens (tertiary/aromatic N) is 1. The fourth-order valence-corrected chi connectivity index (χ4v) is 2.32. The van der Waals surface area contributed by atoms with Crippen LogP contribution in [0.5, 0.6) is 0 Å². The second-order valence-electron chi connectivity index (χ2n) is 3.59. The van der Waals surface area contributed by atoms with Crippen molar-refractivity contribution < 1.29 is 0 Å². The van der Waals surface area contributed by atoms with Gasteiger partial charge in [-0.3, -0.25) is 0 Å². The number of pyridine rings is 1. The van der Waals surface area contributed by atoms with Crippen molar-refractivity contribution in [2.24, 2.45) is 0 Å². The van der Waals surface area contributed by atoms with Crippen molar-refractivity contribution in [1.82, 2.24) is 4.98 Å². The van der Waals surface area contributed by atoms with Crippen LogP contribution in [-0.2, 0) is 6.42 Å². The fourth-order valence-electron chi connectivity index (χ4n) is 1.57. The Hall–Kier alpha value is -0.600. The monoisotopic (exact) mass is 283 g/mol. The average molecular weight is 285 g/mol. The van der Waals surface area contributed by atoms with Crippen LogP contribution < -0.4 is 0 Å². The first-order chi connectivity index (χ1) is 7.11. The van der Waals surface area contributed by atoms with Gasteiger partial charge in [-0.05, 0) is 58.6 Å². The van der Waals surface area contributed by atoms with E-state index in [0.29, 0.717) is 0 Å². The molecule has 0 fully saturated rings. The van der Waals surface area contributed by atoms with Gasteiger partial charge in [0.1, 0.15) is 4.60 Å². The minimum atomic E-state index is 0.800. The molecule has 0 radical (unpaired) electrons. The summed E-state index contributed by atoms with van der Waals surface area (Å²) in [6.07, 6.45) is 0.967. The molecule has 0 aliphatic heterocycles. The second kappa shape index (κ2) is 4.11. The van der Waals surface area contributed by atoms with Gasteiger partial charge in [-0.25, -0.2) is 4.98 Å². The predicted octanol–water partition coefficient (Wildman–Crippen LogP) is 4.52.